The summed E-state index contributed by atoms with van der Waals surface area (Å²) >= 11 is 0. The molecule has 0 radical (unpaired) electrons. The van der Waals surface area contributed by atoms with Gasteiger partial charge in [-0.1, -0.05) is 125 Å². The highest BCUT2D eigenvalue weighted by atomic mass is 14.4. The van der Waals surface area contributed by atoms with Gasteiger partial charge >= 0.3 is 0 Å². The minimum absolute atomic E-state index is 0. The highest BCUT2D eigenvalue weighted by Crippen LogP contribution is 2.42. The largest absolute Gasteiger partial charge is 0.0776 e. The Morgan fingerprint density at radius 1 is 0.306 bits per heavy atom. The van der Waals surface area contributed by atoms with Crippen molar-refractivity contribution in [2.75, 3.05) is 0 Å². The first kappa shape index (κ1) is 40.5. The van der Waals surface area contributed by atoms with Crippen LogP contribution < -0.4 is 0 Å². The van der Waals surface area contributed by atoms with Crippen LogP contribution in [0.1, 0.15) is 163 Å². The molecular formula is C36H78. The second kappa shape index (κ2) is 20.0. The van der Waals surface area contributed by atoms with Gasteiger partial charge in [0, 0.05) is 0 Å². The van der Waals surface area contributed by atoms with Gasteiger partial charge in [0.05, 0.1) is 0 Å². The van der Waals surface area contributed by atoms with E-state index in [0.717, 1.165) is 71.0 Å². The van der Waals surface area contributed by atoms with E-state index in [1.807, 2.05) is 0 Å². The van der Waals surface area contributed by atoms with Crippen LogP contribution in [0.4, 0.5) is 0 Å². The fourth-order valence-electron chi connectivity index (χ4n) is 6.54. The van der Waals surface area contributed by atoms with Crippen molar-refractivity contribution in [2.45, 2.75) is 163 Å². The standard InChI is InChI=1S/C12H24.C11H22.C10H20.3CH4/c1-9(2)11-6-5-7-12(8-11)10(3)4;1-8(2)10-5-6-11(7-10)9(3)4;1-7(2)9-5-10(6-9)8(3)4;;;/h9-12H,5-8H2,1-4H3;8-11H,5-7H2,1-4H3;7-10H,5-6H2,1-4H3;3*1H4. The predicted molar refractivity (Wildman–Crippen MR) is 172 cm³/mol. The average molecular weight is 511 g/mol. The van der Waals surface area contributed by atoms with E-state index in [1.54, 1.807) is 0 Å². The van der Waals surface area contributed by atoms with Gasteiger partial charge < -0.3 is 0 Å². The lowest BCUT2D eigenvalue weighted by Gasteiger charge is -2.40. The number of hydrogen-bond acceptors (Lipinski definition) is 0. The van der Waals surface area contributed by atoms with Crippen molar-refractivity contribution >= 4 is 0 Å². The SMILES string of the molecule is C.C.C.CC(C)C1CC(C(C)C)C1.CC(C)C1CCC(C(C)C)C1.CC(C)C1CCCC(C(C)C)C1. The summed E-state index contributed by atoms with van der Waals surface area (Å²) in [7, 11) is 0. The molecule has 222 valence electrons. The van der Waals surface area contributed by atoms with E-state index >= 15 is 0 Å². The van der Waals surface area contributed by atoms with Crippen LogP contribution in [0, 0.1) is 71.0 Å². The summed E-state index contributed by atoms with van der Waals surface area (Å²) in [6, 6.07) is 0. The zero-order valence-electron chi connectivity index (χ0n) is 25.3. The fraction of sp³-hybridized carbons (Fsp3) is 1.00. The first-order valence-corrected chi connectivity index (χ1v) is 15.3. The Balaban J connectivity index is -0.000000437. The van der Waals surface area contributed by atoms with E-state index in [-0.39, 0.29) is 22.3 Å². The summed E-state index contributed by atoms with van der Waals surface area (Å²) in [5.74, 6) is 11.7. The molecule has 0 aliphatic heterocycles. The van der Waals surface area contributed by atoms with Gasteiger partial charge in [-0.15, -0.1) is 0 Å². The van der Waals surface area contributed by atoms with Gasteiger partial charge in [0.2, 0.25) is 0 Å². The van der Waals surface area contributed by atoms with E-state index in [1.165, 1.54) is 57.8 Å². The van der Waals surface area contributed by atoms with Crippen molar-refractivity contribution in [3.8, 4) is 0 Å². The summed E-state index contributed by atoms with van der Waals surface area (Å²) in [6.07, 6.45) is 13.4. The van der Waals surface area contributed by atoms with E-state index in [4.69, 9.17) is 0 Å². The molecular weight excluding hydrogens is 432 g/mol. The summed E-state index contributed by atoms with van der Waals surface area (Å²) in [4.78, 5) is 0. The Morgan fingerprint density at radius 2 is 0.500 bits per heavy atom. The third-order valence-corrected chi connectivity index (χ3v) is 10.1. The highest BCUT2D eigenvalue weighted by Gasteiger charge is 2.32. The lowest BCUT2D eigenvalue weighted by molar-refractivity contribution is 0.102. The van der Waals surface area contributed by atoms with Crippen molar-refractivity contribution in [3.63, 3.8) is 0 Å². The van der Waals surface area contributed by atoms with Crippen LogP contribution in [0.15, 0.2) is 0 Å². The third kappa shape index (κ3) is 14.2. The first-order chi connectivity index (χ1) is 15.3. The van der Waals surface area contributed by atoms with Gasteiger partial charge in [-0.3, -0.25) is 0 Å². The maximum Gasteiger partial charge on any atom is -0.0386 e. The zero-order valence-corrected chi connectivity index (χ0v) is 25.3. The van der Waals surface area contributed by atoms with Crippen molar-refractivity contribution in [1.82, 2.24) is 0 Å². The van der Waals surface area contributed by atoms with E-state index in [0.29, 0.717) is 0 Å². The molecule has 0 aromatic carbocycles. The van der Waals surface area contributed by atoms with Crippen LogP contribution >= 0.6 is 0 Å². The van der Waals surface area contributed by atoms with Crippen LogP contribution in [0.2, 0.25) is 0 Å². The average Bonchev–Trinajstić information content (AvgIpc) is 3.18. The van der Waals surface area contributed by atoms with E-state index in [9.17, 15) is 0 Å². The van der Waals surface area contributed by atoms with E-state index < -0.39 is 0 Å². The first-order valence-electron chi connectivity index (χ1n) is 15.3. The molecule has 0 saturated heterocycles. The van der Waals surface area contributed by atoms with Gasteiger partial charge in [-0.2, -0.15) is 0 Å². The Hall–Kier alpha value is 0. The molecule has 0 nitrogen and oxygen atoms in total. The van der Waals surface area contributed by atoms with Crippen molar-refractivity contribution in [3.05, 3.63) is 0 Å². The van der Waals surface area contributed by atoms with Crippen molar-refractivity contribution in [1.29, 1.82) is 0 Å². The molecule has 3 saturated carbocycles. The molecule has 36 heavy (non-hydrogen) atoms. The van der Waals surface area contributed by atoms with E-state index in [2.05, 4.69) is 83.1 Å². The number of hydrogen-bond donors (Lipinski definition) is 0. The predicted octanol–water partition coefficient (Wildman–Crippen LogP) is 13.1. The molecule has 4 unspecified atom stereocenters. The molecule has 3 rings (SSSR count). The fourth-order valence-corrected chi connectivity index (χ4v) is 6.54. The Bertz CT molecular complexity index is 436. The smallest absolute Gasteiger partial charge is 0.0386 e. The Kier molecular flexibility index (Phi) is 22.5. The Morgan fingerprint density at radius 3 is 0.694 bits per heavy atom. The van der Waals surface area contributed by atoms with Crippen LogP contribution in [-0.2, 0) is 0 Å². The maximum absolute atomic E-state index is 2.38. The van der Waals surface area contributed by atoms with Gasteiger partial charge in [-0.25, -0.2) is 0 Å². The normalized spacial score (nSPS) is 29.5. The minimum Gasteiger partial charge on any atom is -0.0776 e. The molecule has 0 bridgehead atoms. The third-order valence-electron chi connectivity index (χ3n) is 10.1. The maximum atomic E-state index is 2.38. The molecule has 0 heteroatoms. The second-order valence-electron chi connectivity index (χ2n) is 14.5. The molecule has 0 N–H and O–H groups in total. The molecule has 0 aromatic heterocycles. The van der Waals surface area contributed by atoms with Crippen molar-refractivity contribution < 1.29 is 0 Å². The lowest BCUT2D eigenvalue weighted by atomic mass is 9.65. The molecule has 0 heterocycles. The van der Waals surface area contributed by atoms with Crippen LogP contribution in [0.25, 0.3) is 0 Å². The molecule has 3 aliphatic carbocycles. The van der Waals surface area contributed by atoms with Gasteiger partial charge in [0.25, 0.3) is 0 Å². The highest BCUT2D eigenvalue weighted by molar-refractivity contribution is 4.83. The summed E-state index contributed by atoms with van der Waals surface area (Å²) in [5.41, 5.74) is 0. The molecule has 0 amide bonds. The molecule has 4 atom stereocenters. The minimum atomic E-state index is 0. The lowest BCUT2D eigenvalue weighted by Crippen LogP contribution is -2.30. The Labute approximate surface area is 234 Å². The van der Waals surface area contributed by atoms with Gasteiger partial charge in [0.15, 0.2) is 0 Å². The molecule has 0 aromatic rings. The topological polar surface area (TPSA) is 0 Å². The summed E-state index contributed by atoms with van der Waals surface area (Å²) < 4.78 is 0. The van der Waals surface area contributed by atoms with Crippen LogP contribution in [0.3, 0.4) is 0 Å². The second-order valence-corrected chi connectivity index (χ2v) is 14.5. The van der Waals surface area contributed by atoms with Gasteiger partial charge in [-0.05, 0) is 110 Å². The molecule has 0 spiro atoms. The summed E-state index contributed by atoms with van der Waals surface area (Å²) in [6.45, 7) is 28.4. The molecule has 3 fully saturated rings. The summed E-state index contributed by atoms with van der Waals surface area (Å²) in [5, 5.41) is 0. The van der Waals surface area contributed by atoms with Gasteiger partial charge in [0.1, 0.15) is 0 Å². The zero-order chi connectivity index (χ0) is 25.3. The monoisotopic (exact) mass is 511 g/mol. The quantitative estimate of drug-likeness (QED) is 0.333. The van der Waals surface area contributed by atoms with Crippen LogP contribution in [-0.4, -0.2) is 0 Å². The van der Waals surface area contributed by atoms with Crippen molar-refractivity contribution in [2.24, 2.45) is 71.0 Å². The van der Waals surface area contributed by atoms with Crippen LogP contribution in [0.5, 0.6) is 0 Å². The number of rotatable bonds is 6. The molecule has 3 aliphatic rings.